The van der Waals surface area contributed by atoms with E-state index in [0.717, 1.165) is 0 Å². The predicted octanol–water partition coefficient (Wildman–Crippen LogP) is 0.673. The molecule has 4 heterocycles. The highest BCUT2D eigenvalue weighted by Crippen LogP contribution is 2.24. The largest absolute Gasteiger partial charge is 0.370 e. The zero-order chi connectivity index (χ0) is 68.3. The van der Waals surface area contributed by atoms with Gasteiger partial charge in [0.2, 0.25) is 70.9 Å². The molecule has 506 valence electrons. The quantitative estimate of drug-likeness (QED) is 0.0542. The van der Waals surface area contributed by atoms with Gasteiger partial charge in [-0.25, -0.2) is 0 Å². The van der Waals surface area contributed by atoms with E-state index in [2.05, 4.69) is 57.8 Å². The maximum atomic E-state index is 15.1. The Hall–Kier alpha value is -9.66. The zero-order valence-electron chi connectivity index (χ0n) is 54.1. The molecule has 0 saturated carbocycles. The molecular weight excluding hydrogens is 1210 g/mol. The maximum absolute atomic E-state index is 15.1. The smallest absolute Gasteiger partial charge is 0.246 e. The molecule has 27 heteroatoms. The van der Waals surface area contributed by atoms with Crippen LogP contribution in [0.15, 0.2) is 91.3 Å². The number of nitrogens with one attached hydrogen (secondary N) is 11. The first-order valence-corrected chi connectivity index (χ1v) is 32.2. The van der Waals surface area contributed by atoms with Gasteiger partial charge >= 0.3 is 0 Å². The van der Waals surface area contributed by atoms with Crippen molar-refractivity contribution in [2.45, 2.75) is 179 Å². The Balaban J connectivity index is 1.32. The highest BCUT2D eigenvalue weighted by Gasteiger charge is 2.42. The third-order valence-corrected chi connectivity index (χ3v) is 16.8. The fraction of sp³-hybridized carbons (Fsp3) is 0.493. The van der Waals surface area contributed by atoms with Gasteiger partial charge in [0.1, 0.15) is 60.4 Å². The lowest BCUT2D eigenvalue weighted by Gasteiger charge is -2.32. The molecule has 94 heavy (non-hydrogen) atoms. The van der Waals surface area contributed by atoms with Crippen LogP contribution in [-0.4, -0.2) is 159 Å². The number of amides is 12. The van der Waals surface area contributed by atoms with Crippen molar-refractivity contribution < 1.29 is 57.5 Å². The summed E-state index contributed by atoms with van der Waals surface area (Å²) in [5, 5.41) is 26.0. The molecule has 5 aromatic rings. The first kappa shape index (κ1) is 71.8. The molecule has 0 spiro atoms. The van der Waals surface area contributed by atoms with Crippen LogP contribution in [-0.2, 0) is 76.8 Å². The minimum absolute atomic E-state index is 0.0106. The molecule has 0 unspecified atom stereocenters. The minimum atomic E-state index is -1.84. The van der Waals surface area contributed by atoms with E-state index in [1.54, 1.807) is 105 Å². The van der Waals surface area contributed by atoms with Crippen molar-refractivity contribution in [3.63, 3.8) is 0 Å². The van der Waals surface area contributed by atoms with E-state index in [-0.39, 0.29) is 76.3 Å². The van der Waals surface area contributed by atoms with Gasteiger partial charge in [-0.3, -0.25) is 57.5 Å². The Bertz CT molecular complexity index is 3530. The molecule has 10 atom stereocenters. The second kappa shape index (κ2) is 33.8. The predicted molar refractivity (Wildman–Crippen MR) is 351 cm³/mol. The first-order valence-electron chi connectivity index (χ1n) is 32.2. The molecule has 3 aromatic carbocycles. The van der Waals surface area contributed by atoms with Gasteiger partial charge in [-0.2, -0.15) is 0 Å². The summed E-state index contributed by atoms with van der Waals surface area (Å²) < 4.78 is 0. The lowest BCUT2D eigenvalue weighted by molar-refractivity contribution is -0.142. The van der Waals surface area contributed by atoms with Crippen LogP contribution in [0.4, 0.5) is 0 Å². The van der Waals surface area contributed by atoms with Crippen molar-refractivity contribution in [2.75, 3.05) is 13.1 Å². The van der Waals surface area contributed by atoms with E-state index in [4.69, 9.17) is 17.2 Å². The number of aromatic amines is 2. The number of hydrogen-bond acceptors (Lipinski definition) is 13. The summed E-state index contributed by atoms with van der Waals surface area (Å²) in [6, 6.07) is 8.85. The summed E-state index contributed by atoms with van der Waals surface area (Å²) in [7, 11) is 0. The number of carbonyl (C=O) groups is 12. The molecule has 2 aliphatic heterocycles. The SMILES string of the molecule is CC(C)C[C@@H]1NC(=O)[C@H](CCCN)NC(=O)[C@H](C(C)C)NC(=O)[C@H](Cc2c[nH]c3ccccc23)NC(=O)[C@H](CCC(N)=O)NC(=O)[C@H](CC(N)=O)NC(=O)[C@@H](Cc2c[nH]c3ccccc23)NC(=O)[C@H](CC(C)C)NC(=O)[C@@H]2CCCN2C(=O)[C@@H](Cc2ccccc2)NC1=O. The van der Waals surface area contributed by atoms with Gasteiger partial charge in [0, 0.05) is 66.4 Å². The summed E-state index contributed by atoms with van der Waals surface area (Å²) >= 11 is 0. The van der Waals surface area contributed by atoms with Crippen LogP contribution in [0.5, 0.6) is 0 Å². The van der Waals surface area contributed by atoms with Gasteiger partial charge in [-0.15, -0.1) is 0 Å². The van der Waals surface area contributed by atoms with Gasteiger partial charge in [0.05, 0.1) is 6.42 Å². The number of rotatable bonds is 19. The number of aromatic nitrogens is 2. The van der Waals surface area contributed by atoms with Gasteiger partial charge in [-0.05, 0) is 98.1 Å². The number of para-hydroxylation sites is 2. The normalized spacial score (nSPS) is 24.0. The number of nitrogens with two attached hydrogens (primary N) is 3. The van der Waals surface area contributed by atoms with Crippen LogP contribution < -0.4 is 65.1 Å². The standard InChI is InChI=1S/C67H91N15O12/c1-36(2)28-48-61(88)80-53(30-39-16-8-7-9-17-39)67(94)82-27-15-23-54(82)65(92)79-49(29-37(3)4)60(87)77-50(31-40-34-71-44-20-12-10-18-42(40)44)62(89)78-52(33-56(70)84)63(90)73-47(24-25-55(69)83)59(86)76-51(32-41-35-72-45-21-13-11-19-43(41)45)64(91)81-57(38(5)6)66(93)74-46(22-14-26-68)58(85)75-48/h7-13,16-21,34-38,46-54,57,71-72H,14-15,22-33,68H2,1-6H3,(H2,69,83)(H2,70,84)(H,73,90)(H,74,93)(H,75,85)(H,76,86)(H,77,87)(H,78,89)(H,79,92)(H,80,88)(H,81,91)/t46-,47-,48-,49-,50+,51-,52-,53+,54-,57-/m0/s1. The minimum Gasteiger partial charge on any atom is -0.370 e. The molecule has 0 aliphatic carbocycles. The van der Waals surface area contributed by atoms with Crippen molar-refractivity contribution in [2.24, 2.45) is 35.0 Å². The molecule has 2 saturated heterocycles. The van der Waals surface area contributed by atoms with E-state index in [9.17, 15) is 52.7 Å². The summed E-state index contributed by atoms with van der Waals surface area (Å²) in [5.41, 5.74) is 20.4. The fourth-order valence-electron chi connectivity index (χ4n) is 11.9. The number of nitrogens with zero attached hydrogens (tertiary/aromatic N) is 1. The van der Waals surface area contributed by atoms with E-state index in [1.807, 2.05) is 27.7 Å². The number of primary amides is 2. The number of fused-ring (bicyclic) bond motifs is 3. The third kappa shape index (κ3) is 19.9. The maximum Gasteiger partial charge on any atom is 0.246 e. The summed E-state index contributed by atoms with van der Waals surface area (Å²) in [6.07, 6.45) is 1.90. The lowest BCUT2D eigenvalue weighted by Crippen LogP contribution is -2.62. The summed E-state index contributed by atoms with van der Waals surface area (Å²) in [6.45, 7) is 10.8. The Morgan fingerprint density at radius 3 is 1.44 bits per heavy atom. The molecule has 12 amide bonds. The van der Waals surface area contributed by atoms with Crippen molar-refractivity contribution in [1.29, 1.82) is 0 Å². The number of carbonyl (C=O) groups excluding carboxylic acids is 12. The molecule has 27 nitrogen and oxygen atoms in total. The van der Waals surface area contributed by atoms with E-state index in [1.165, 1.54) is 4.90 Å². The average molecular weight is 1300 g/mol. The second-order valence-electron chi connectivity index (χ2n) is 25.6. The Morgan fingerprint density at radius 1 is 0.479 bits per heavy atom. The summed E-state index contributed by atoms with van der Waals surface area (Å²) in [5.74, 6) is -11.5. The fourth-order valence-corrected chi connectivity index (χ4v) is 11.9. The summed E-state index contributed by atoms with van der Waals surface area (Å²) in [4.78, 5) is 181. The molecule has 17 N–H and O–H groups in total. The molecule has 0 radical (unpaired) electrons. The lowest BCUT2D eigenvalue weighted by atomic mass is 9.98. The topological polar surface area (TPSA) is 426 Å². The Morgan fingerprint density at radius 2 is 0.915 bits per heavy atom. The zero-order valence-corrected chi connectivity index (χ0v) is 54.1. The van der Waals surface area contributed by atoms with Crippen LogP contribution in [0, 0.1) is 17.8 Å². The van der Waals surface area contributed by atoms with E-state index in [0.29, 0.717) is 44.9 Å². The van der Waals surface area contributed by atoms with Gasteiger partial charge < -0.3 is 79.9 Å². The van der Waals surface area contributed by atoms with Gasteiger partial charge in [0.25, 0.3) is 0 Å². The molecule has 2 fully saturated rings. The highest BCUT2D eigenvalue weighted by atomic mass is 16.2. The number of hydrogen-bond donors (Lipinski definition) is 14. The van der Waals surface area contributed by atoms with Crippen molar-refractivity contribution in [1.82, 2.24) is 62.7 Å². The van der Waals surface area contributed by atoms with Gasteiger partial charge in [-0.1, -0.05) is 108 Å². The molecule has 2 aromatic heterocycles. The third-order valence-electron chi connectivity index (χ3n) is 16.8. The van der Waals surface area contributed by atoms with Crippen molar-refractivity contribution in [3.8, 4) is 0 Å². The van der Waals surface area contributed by atoms with Crippen molar-refractivity contribution >= 4 is 92.7 Å². The van der Waals surface area contributed by atoms with Crippen LogP contribution in [0.2, 0.25) is 0 Å². The molecular formula is C67H91N15O12. The Labute approximate surface area is 545 Å². The molecule has 7 rings (SSSR count). The van der Waals surface area contributed by atoms with Crippen LogP contribution in [0.25, 0.3) is 21.8 Å². The van der Waals surface area contributed by atoms with Crippen LogP contribution in [0.1, 0.15) is 116 Å². The Kier molecular flexibility index (Phi) is 25.8. The molecule has 2 aliphatic rings. The first-order chi connectivity index (χ1) is 44.8. The van der Waals surface area contributed by atoms with E-state index < -0.39 is 156 Å². The van der Waals surface area contributed by atoms with Crippen molar-refractivity contribution in [3.05, 3.63) is 108 Å². The number of benzene rings is 3. The monoisotopic (exact) mass is 1300 g/mol. The molecule has 0 bridgehead atoms. The van der Waals surface area contributed by atoms with E-state index >= 15 is 4.79 Å². The average Bonchev–Trinajstić information content (AvgIpc) is 1.64. The van der Waals surface area contributed by atoms with Crippen LogP contribution in [0.3, 0.4) is 0 Å². The second-order valence-corrected chi connectivity index (χ2v) is 25.6. The van der Waals surface area contributed by atoms with Gasteiger partial charge in [0.15, 0.2) is 0 Å². The van der Waals surface area contributed by atoms with Crippen LogP contribution >= 0.6 is 0 Å². The number of H-pyrrole nitrogens is 2. The highest BCUT2D eigenvalue weighted by molar-refractivity contribution is 6.01.